The predicted molar refractivity (Wildman–Crippen MR) is 118 cm³/mol. The van der Waals surface area contributed by atoms with E-state index in [0.29, 0.717) is 38.5 Å². The molecule has 0 fully saturated rings. The standard InChI is InChI=1S/C23H17ClN4O3/c1-3-12-28-23(30)16-9-5-4-8-15(16)19(26-28)13-25-22(29)20-14(2)31-27-21(20)17-10-6-7-11-18(17)24/h1,4-11H,12-13H2,2H3,(H,25,29). The van der Waals surface area contributed by atoms with Crippen LogP contribution in [0.25, 0.3) is 22.0 Å². The largest absolute Gasteiger partial charge is 0.360 e. The summed E-state index contributed by atoms with van der Waals surface area (Å²) in [6.07, 6.45) is 5.36. The normalized spacial score (nSPS) is 10.7. The molecule has 0 saturated heterocycles. The minimum absolute atomic E-state index is 0.0338. The third kappa shape index (κ3) is 3.81. The maximum atomic E-state index is 13.0. The number of nitrogens with one attached hydrogen (secondary N) is 1. The smallest absolute Gasteiger partial charge is 0.275 e. The number of nitrogens with zero attached hydrogens (tertiary/aromatic N) is 3. The molecule has 0 spiro atoms. The number of hydrogen-bond donors (Lipinski definition) is 1. The Hall–Kier alpha value is -3.89. The van der Waals surface area contributed by atoms with E-state index in [4.69, 9.17) is 22.5 Å². The van der Waals surface area contributed by atoms with Gasteiger partial charge in [-0.05, 0) is 19.1 Å². The number of terminal acetylenes is 1. The number of halogens is 1. The van der Waals surface area contributed by atoms with Gasteiger partial charge in [-0.25, -0.2) is 4.68 Å². The zero-order valence-electron chi connectivity index (χ0n) is 16.6. The van der Waals surface area contributed by atoms with Crippen molar-refractivity contribution < 1.29 is 9.32 Å². The third-order valence-electron chi connectivity index (χ3n) is 4.82. The molecular weight excluding hydrogens is 416 g/mol. The molecule has 1 amide bonds. The fraction of sp³-hybridized carbons (Fsp3) is 0.130. The molecule has 31 heavy (non-hydrogen) atoms. The molecule has 4 rings (SSSR count). The summed E-state index contributed by atoms with van der Waals surface area (Å²) in [6, 6.07) is 14.1. The highest BCUT2D eigenvalue weighted by Crippen LogP contribution is 2.31. The van der Waals surface area contributed by atoms with Crippen LogP contribution in [0.1, 0.15) is 21.8 Å². The highest BCUT2D eigenvalue weighted by molar-refractivity contribution is 6.33. The van der Waals surface area contributed by atoms with Gasteiger partial charge in [-0.15, -0.1) is 6.42 Å². The van der Waals surface area contributed by atoms with Gasteiger partial charge in [0.25, 0.3) is 11.5 Å². The number of rotatable bonds is 5. The van der Waals surface area contributed by atoms with E-state index in [0.717, 1.165) is 0 Å². The average Bonchev–Trinajstić information content (AvgIpc) is 3.16. The topological polar surface area (TPSA) is 90.0 Å². The number of carbonyl (C=O) groups is 1. The first-order valence-corrected chi connectivity index (χ1v) is 9.80. The second kappa shape index (κ2) is 8.46. The molecule has 8 heteroatoms. The Balaban J connectivity index is 1.68. The fourth-order valence-electron chi connectivity index (χ4n) is 3.36. The lowest BCUT2D eigenvalue weighted by molar-refractivity contribution is 0.0949. The lowest BCUT2D eigenvalue weighted by Crippen LogP contribution is -2.28. The van der Waals surface area contributed by atoms with Crippen LogP contribution in [0, 0.1) is 19.3 Å². The van der Waals surface area contributed by atoms with Gasteiger partial charge in [-0.2, -0.15) is 5.10 Å². The van der Waals surface area contributed by atoms with Crippen molar-refractivity contribution in [2.24, 2.45) is 0 Å². The van der Waals surface area contributed by atoms with E-state index < -0.39 is 5.91 Å². The maximum Gasteiger partial charge on any atom is 0.275 e. The Kier molecular flexibility index (Phi) is 5.56. The number of hydrogen-bond acceptors (Lipinski definition) is 5. The number of aromatic nitrogens is 3. The van der Waals surface area contributed by atoms with Gasteiger partial charge in [0, 0.05) is 10.9 Å². The van der Waals surface area contributed by atoms with Crippen LogP contribution in [0.3, 0.4) is 0 Å². The van der Waals surface area contributed by atoms with Crippen LogP contribution in [-0.4, -0.2) is 20.8 Å². The van der Waals surface area contributed by atoms with Crippen LogP contribution < -0.4 is 10.9 Å². The molecule has 0 aliphatic carbocycles. The molecule has 0 atom stereocenters. The van der Waals surface area contributed by atoms with Crippen molar-refractivity contribution in [3.05, 3.63) is 80.9 Å². The summed E-state index contributed by atoms with van der Waals surface area (Å²) < 4.78 is 6.47. The van der Waals surface area contributed by atoms with Crippen LogP contribution in [0.4, 0.5) is 0 Å². The van der Waals surface area contributed by atoms with Crippen molar-refractivity contribution >= 4 is 28.3 Å². The molecule has 154 valence electrons. The van der Waals surface area contributed by atoms with Gasteiger partial charge in [-0.1, -0.05) is 59.1 Å². The summed E-state index contributed by atoms with van der Waals surface area (Å²) in [5.74, 6) is 2.39. The molecule has 0 unspecified atom stereocenters. The van der Waals surface area contributed by atoms with Gasteiger partial charge in [0.1, 0.15) is 23.6 Å². The molecule has 4 aromatic rings. The predicted octanol–water partition coefficient (Wildman–Crippen LogP) is 3.58. The van der Waals surface area contributed by atoms with E-state index in [-0.39, 0.29) is 24.2 Å². The summed E-state index contributed by atoms with van der Waals surface area (Å²) in [5.41, 5.74) is 1.48. The monoisotopic (exact) mass is 432 g/mol. The molecule has 0 saturated carbocycles. The molecule has 0 aliphatic heterocycles. The van der Waals surface area contributed by atoms with Crippen molar-refractivity contribution in [2.45, 2.75) is 20.0 Å². The number of fused-ring (bicyclic) bond motifs is 1. The van der Waals surface area contributed by atoms with Crippen LogP contribution in [-0.2, 0) is 13.1 Å². The molecule has 1 N–H and O–H groups in total. The maximum absolute atomic E-state index is 13.0. The Morgan fingerprint density at radius 2 is 1.90 bits per heavy atom. The number of aryl methyl sites for hydroxylation is 1. The zero-order chi connectivity index (χ0) is 22.0. The molecule has 2 heterocycles. The third-order valence-corrected chi connectivity index (χ3v) is 5.15. The van der Waals surface area contributed by atoms with Gasteiger partial charge in [0.05, 0.1) is 22.6 Å². The Bertz CT molecular complexity index is 1400. The van der Waals surface area contributed by atoms with Crippen LogP contribution in [0.2, 0.25) is 5.02 Å². The van der Waals surface area contributed by atoms with Crippen LogP contribution in [0.15, 0.2) is 57.8 Å². The second-order valence-electron chi connectivity index (χ2n) is 6.78. The van der Waals surface area contributed by atoms with Crippen LogP contribution in [0.5, 0.6) is 0 Å². The van der Waals surface area contributed by atoms with Gasteiger partial charge >= 0.3 is 0 Å². The van der Waals surface area contributed by atoms with Gasteiger partial charge in [0.2, 0.25) is 0 Å². The summed E-state index contributed by atoms with van der Waals surface area (Å²) in [4.78, 5) is 25.6. The van der Waals surface area contributed by atoms with Crippen molar-refractivity contribution in [1.29, 1.82) is 0 Å². The summed E-state index contributed by atoms with van der Waals surface area (Å²) >= 11 is 6.27. The van der Waals surface area contributed by atoms with E-state index in [1.165, 1.54) is 4.68 Å². The Morgan fingerprint density at radius 3 is 2.65 bits per heavy atom. The van der Waals surface area contributed by atoms with Crippen molar-refractivity contribution in [1.82, 2.24) is 20.3 Å². The van der Waals surface area contributed by atoms with E-state index >= 15 is 0 Å². The van der Waals surface area contributed by atoms with Crippen molar-refractivity contribution in [3.8, 4) is 23.6 Å². The Morgan fingerprint density at radius 1 is 1.19 bits per heavy atom. The first-order chi connectivity index (χ1) is 15.0. The minimum Gasteiger partial charge on any atom is -0.360 e. The lowest BCUT2D eigenvalue weighted by atomic mass is 10.1. The lowest BCUT2D eigenvalue weighted by Gasteiger charge is -2.11. The number of benzene rings is 2. The quantitative estimate of drug-likeness (QED) is 0.487. The van der Waals surface area contributed by atoms with E-state index in [9.17, 15) is 9.59 Å². The molecule has 0 radical (unpaired) electrons. The average molecular weight is 433 g/mol. The summed E-state index contributed by atoms with van der Waals surface area (Å²) in [6.45, 7) is 1.77. The first kappa shape index (κ1) is 20.4. The van der Waals surface area contributed by atoms with Gasteiger partial charge < -0.3 is 9.84 Å². The number of carbonyl (C=O) groups excluding carboxylic acids is 1. The van der Waals surface area contributed by atoms with Crippen LogP contribution >= 0.6 is 11.6 Å². The molecule has 7 nitrogen and oxygen atoms in total. The van der Waals surface area contributed by atoms with Gasteiger partial charge in [0.15, 0.2) is 0 Å². The molecule has 2 aromatic heterocycles. The van der Waals surface area contributed by atoms with Gasteiger partial charge in [-0.3, -0.25) is 9.59 Å². The van der Waals surface area contributed by atoms with Crippen molar-refractivity contribution in [3.63, 3.8) is 0 Å². The number of amides is 1. The van der Waals surface area contributed by atoms with E-state index in [1.54, 1.807) is 55.5 Å². The molecule has 0 aliphatic rings. The fourth-order valence-corrected chi connectivity index (χ4v) is 3.58. The second-order valence-corrected chi connectivity index (χ2v) is 7.19. The molecule has 2 aromatic carbocycles. The molecule has 0 bridgehead atoms. The minimum atomic E-state index is -0.394. The summed E-state index contributed by atoms with van der Waals surface area (Å²) in [7, 11) is 0. The van der Waals surface area contributed by atoms with E-state index in [1.807, 2.05) is 0 Å². The SMILES string of the molecule is C#CCn1nc(CNC(=O)c2c(-c3ccccc3Cl)noc2C)c2ccccc2c1=O. The summed E-state index contributed by atoms with van der Waals surface area (Å²) in [5, 5.41) is 12.8. The highest BCUT2D eigenvalue weighted by Gasteiger charge is 2.23. The van der Waals surface area contributed by atoms with E-state index in [2.05, 4.69) is 21.5 Å². The highest BCUT2D eigenvalue weighted by atomic mass is 35.5. The zero-order valence-corrected chi connectivity index (χ0v) is 17.3. The van der Waals surface area contributed by atoms with Crippen molar-refractivity contribution in [2.75, 3.05) is 0 Å². The Labute approximate surface area is 182 Å². The molecular formula is C23H17ClN4O3. The first-order valence-electron chi connectivity index (χ1n) is 9.43.